The third-order valence-corrected chi connectivity index (χ3v) is 11.9. The van der Waals surface area contributed by atoms with E-state index in [-0.39, 0.29) is 0 Å². The first kappa shape index (κ1) is 49.5. The van der Waals surface area contributed by atoms with Crippen LogP contribution in [0.1, 0.15) is 291 Å². The fraction of sp³-hybridized carbons (Fsp3) is 0.979. The molecule has 50 heavy (non-hydrogen) atoms. The van der Waals surface area contributed by atoms with Gasteiger partial charge in [0.05, 0.1) is 5.41 Å². The molecule has 0 aromatic heterocycles. The highest BCUT2D eigenvalue weighted by atomic mass is 16.4. The Kier molecular flexibility index (Phi) is 39.3. The molecule has 0 aliphatic carbocycles. The molecule has 0 spiro atoms. The Morgan fingerprint density at radius 1 is 0.360 bits per heavy atom. The maximum atomic E-state index is 12.9. The largest absolute Gasteiger partial charge is 0.481 e. The van der Waals surface area contributed by atoms with Crippen LogP contribution in [0.3, 0.4) is 0 Å². The van der Waals surface area contributed by atoms with Gasteiger partial charge in [-0.3, -0.25) is 4.79 Å². The lowest BCUT2D eigenvalue weighted by Crippen LogP contribution is -2.31. The summed E-state index contributed by atoms with van der Waals surface area (Å²) in [6, 6.07) is 0. The summed E-state index contributed by atoms with van der Waals surface area (Å²) in [5.41, 5.74) is -0.468. The molecule has 0 aliphatic rings. The van der Waals surface area contributed by atoms with Gasteiger partial charge in [-0.2, -0.15) is 0 Å². The quantitative estimate of drug-likeness (QED) is 0.0642. The van der Waals surface area contributed by atoms with Crippen molar-refractivity contribution in [2.45, 2.75) is 291 Å². The summed E-state index contributed by atoms with van der Waals surface area (Å²) in [7, 11) is 0. The van der Waals surface area contributed by atoms with E-state index in [0.29, 0.717) is 0 Å². The number of hydrogen-bond donors (Lipinski definition) is 1. The molecule has 1 unspecified atom stereocenters. The minimum absolute atomic E-state index is 0.468. The van der Waals surface area contributed by atoms with Crippen LogP contribution in [0, 0.1) is 11.3 Å². The molecule has 2 heteroatoms. The van der Waals surface area contributed by atoms with E-state index < -0.39 is 11.4 Å². The van der Waals surface area contributed by atoms with Gasteiger partial charge in [-0.15, -0.1) is 0 Å². The molecule has 0 aliphatic heterocycles. The highest BCUT2D eigenvalue weighted by Gasteiger charge is 2.36. The van der Waals surface area contributed by atoms with Crippen molar-refractivity contribution in [1.82, 2.24) is 0 Å². The van der Waals surface area contributed by atoms with Crippen LogP contribution >= 0.6 is 0 Å². The molecule has 0 saturated carbocycles. The summed E-state index contributed by atoms with van der Waals surface area (Å²) in [5.74, 6) is 0.343. The van der Waals surface area contributed by atoms with Gasteiger partial charge >= 0.3 is 5.97 Å². The lowest BCUT2D eigenvalue weighted by molar-refractivity contribution is -0.150. The van der Waals surface area contributed by atoms with Gasteiger partial charge < -0.3 is 5.11 Å². The van der Waals surface area contributed by atoms with E-state index in [2.05, 4.69) is 27.7 Å². The topological polar surface area (TPSA) is 37.3 Å². The van der Waals surface area contributed by atoms with Crippen LogP contribution in [-0.2, 0) is 4.79 Å². The van der Waals surface area contributed by atoms with Crippen LogP contribution < -0.4 is 0 Å². The maximum absolute atomic E-state index is 12.9. The van der Waals surface area contributed by atoms with Crippen LogP contribution in [0.2, 0.25) is 0 Å². The summed E-state index contributed by atoms with van der Waals surface area (Å²) in [6.07, 6.45) is 54.2. The van der Waals surface area contributed by atoms with Gasteiger partial charge in [-0.25, -0.2) is 0 Å². The SMILES string of the molecule is CCCCCCCCCCCCCCCCCCC(CCCCCCCCCCCCCCCC)(CCCCCCCCCC(C)C)C(=O)O. The zero-order valence-electron chi connectivity index (χ0n) is 35.4. The first-order valence-corrected chi connectivity index (χ1v) is 23.7. The minimum Gasteiger partial charge on any atom is -0.481 e. The van der Waals surface area contributed by atoms with Crippen molar-refractivity contribution >= 4 is 5.97 Å². The average molecular weight is 705 g/mol. The molecule has 0 fully saturated rings. The van der Waals surface area contributed by atoms with Crippen LogP contribution in [0.15, 0.2) is 0 Å². The van der Waals surface area contributed by atoms with Gasteiger partial charge in [0.15, 0.2) is 0 Å². The number of rotatable bonds is 43. The van der Waals surface area contributed by atoms with Crippen molar-refractivity contribution in [3.05, 3.63) is 0 Å². The molecule has 1 atom stereocenters. The standard InChI is InChI=1S/C48H96O2/c1-5-7-9-11-13-15-17-19-21-22-24-26-28-32-36-40-44-48(47(49)50,45-41-37-33-29-30-34-38-42-46(3)4)43-39-35-31-27-25-23-20-18-16-14-12-10-8-6-2/h46H,5-45H2,1-4H3,(H,49,50). The molecule has 0 saturated heterocycles. The zero-order valence-corrected chi connectivity index (χ0v) is 35.4. The van der Waals surface area contributed by atoms with Gasteiger partial charge in [0.1, 0.15) is 0 Å². The Hall–Kier alpha value is -0.530. The molecular formula is C48H96O2. The molecule has 0 aromatic carbocycles. The summed E-state index contributed by atoms with van der Waals surface area (Å²) in [4.78, 5) is 12.9. The van der Waals surface area contributed by atoms with Crippen molar-refractivity contribution in [3.8, 4) is 0 Å². The van der Waals surface area contributed by atoms with Gasteiger partial charge in [0, 0.05) is 0 Å². The average Bonchev–Trinajstić information content (AvgIpc) is 3.10. The first-order valence-electron chi connectivity index (χ1n) is 23.7. The van der Waals surface area contributed by atoms with Crippen LogP contribution in [0.5, 0.6) is 0 Å². The number of unbranched alkanes of at least 4 members (excludes halogenated alkanes) is 34. The Bertz CT molecular complexity index is 657. The molecule has 0 bridgehead atoms. The van der Waals surface area contributed by atoms with E-state index in [1.165, 1.54) is 225 Å². The maximum Gasteiger partial charge on any atom is 0.309 e. The van der Waals surface area contributed by atoms with Crippen LogP contribution in [0.4, 0.5) is 0 Å². The van der Waals surface area contributed by atoms with E-state index in [4.69, 9.17) is 0 Å². The van der Waals surface area contributed by atoms with Gasteiger partial charge in [0.2, 0.25) is 0 Å². The van der Waals surface area contributed by atoms with E-state index in [9.17, 15) is 9.90 Å². The minimum atomic E-state index is -0.484. The van der Waals surface area contributed by atoms with Crippen molar-refractivity contribution < 1.29 is 9.90 Å². The fourth-order valence-electron chi connectivity index (χ4n) is 8.27. The van der Waals surface area contributed by atoms with Crippen molar-refractivity contribution in [2.24, 2.45) is 11.3 Å². The van der Waals surface area contributed by atoms with E-state index >= 15 is 0 Å². The zero-order chi connectivity index (χ0) is 36.6. The predicted octanol–water partition coefficient (Wildman–Crippen LogP) is 17.7. The number of carboxylic acids is 1. The molecule has 2 nitrogen and oxygen atoms in total. The number of aliphatic carboxylic acids is 1. The van der Waals surface area contributed by atoms with Gasteiger partial charge in [-0.1, -0.05) is 272 Å². The lowest BCUT2D eigenvalue weighted by atomic mass is 9.74. The van der Waals surface area contributed by atoms with E-state index in [0.717, 1.165) is 44.4 Å². The summed E-state index contributed by atoms with van der Waals surface area (Å²) >= 11 is 0. The molecule has 1 N–H and O–H groups in total. The van der Waals surface area contributed by atoms with Crippen LogP contribution in [0.25, 0.3) is 0 Å². The molecular weight excluding hydrogens is 609 g/mol. The smallest absolute Gasteiger partial charge is 0.309 e. The number of carboxylic acid groups (broad SMARTS) is 1. The molecule has 0 aromatic rings. The summed E-state index contributed by atoms with van der Waals surface area (Å²) in [6.45, 7) is 9.25. The molecule has 0 radical (unpaired) electrons. The Balaban J connectivity index is 4.30. The van der Waals surface area contributed by atoms with Crippen molar-refractivity contribution in [3.63, 3.8) is 0 Å². The number of carbonyl (C=O) groups is 1. The second-order valence-electron chi connectivity index (χ2n) is 17.4. The molecule has 300 valence electrons. The van der Waals surface area contributed by atoms with Crippen molar-refractivity contribution in [2.75, 3.05) is 0 Å². The summed E-state index contributed by atoms with van der Waals surface area (Å²) in [5, 5.41) is 10.6. The monoisotopic (exact) mass is 705 g/mol. The highest BCUT2D eigenvalue weighted by Crippen LogP contribution is 2.38. The highest BCUT2D eigenvalue weighted by molar-refractivity contribution is 5.74. The molecule has 0 rings (SSSR count). The third kappa shape index (κ3) is 34.6. The van der Waals surface area contributed by atoms with Gasteiger partial charge in [-0.05, 0) is 25.2 Å². The van der Waals surface area contributed by atoms with Crippen LogP contribution in [-0.4, -0.2) is 11.1 Å². The van der Waals surface area contributed by atoms with E-state index in [1.54, 1.807) is 0 Å². The Labute approximate surface area is 317 Å². The summed E-state index contributed by atoms with van der Waals surface area (Å²) < 4.78 is 0. The second-order valence-corrected chi connectivity index (χ2v) is 17.4. The normalized spacial score (nSPS) is 13.0. The van der Waals surface area contributed by atoms with E-state index in [1.807, 2.05) is 0 Å². The molecule has 0 amide bonds. The predicted molar refractivity (Wildman–Crippen MR) is 226 cm³/mol. The lowest BCUT2D eigenvalue weighted by Gasteiger charge is -2.30. The molecule has 0 heterocycles. The van der Waals surface area contributed by atoms with Gasteiger partial charge in [0.25, 0.3) is 0 Å². The van der Waals surface area contributed by atoms with Crippen molar-refractivity contribution in [1.29, 1.82) is 0 Å². The third-order valence-electron chi connectivity index (χ3n) is 11.9. The Morgan fingerprint density at radius 2 is 0.560 bits per heavy atom. The second kappa shape index (κ2) is 39.7. The fourth-order valence-corrected chi connectivity index (χ4v) is 8.27. The Morgan fingerprint density at radius 3 is 0.760 bits per heavy atom. The first-order chi connectivity index (χ1) is 24.5. The number of hydrogen-bond acceptors (Lipinski definition) is 1.